The summed E-state index contributed by atoms with van der Waals surface area (Å²) in [7, 11) is 4.73. The van der Waals surface area contributed by atoms with Crippen LogP contribution in [-0.2, 0) is 32.0 Å². The molecule has 0 bridgehead atoms. The van der Waals surface area contributed by atoms with Gasteiger partial charge in [0.2, 0.25) is 0 Å². The van der Waals surface area contributed by atoms with Gasteiger partial charge in [-0.3, -0.25) is 4.79 Å². The zero-order valence-electron chi connectivity index (χ0n) is 12.5. The highest BCUT2D eigenvalue weighted by Crippen LogP contribution is 2.35. The molecule has 1 unspecified atom stereocenters. The highest BCUT2D eigenvalue weighted by molar-refractivity contribution is 5.85. The van der Waals surface area contributed by atoms with E-state index in [1.807, 2.05) is 12.1 Å². The average molecular weight is 296 g/mol. The summed E-state index contributed by atoms with van der Waals surface area (Å²) in [5.41, 5.74) is 1.88. The third-order valence-electron chi connectivity index (χ3n) is 3.41. The fraction of sp³-hybridized carbons (Fsp3) is 0.533. The Morgan fingerprint density at radius 2 is 1.86 bits per heavy atom. The Morgan fingerprint density at radius 1 is 1.19 bits per heavy atom. The molecule has 6 nitrogen and oxygen atoms in total. The molecule has 21 heavy (non-hydrogen) atoms. The van der Waals surface area contributed by atoms with E-state index >= 15 is 0 Å². The van der Waals surface area contributed by atoms with Crippen LogP contribution < -0.4 is 9.47 Å². The molecule has 2 rings (SSSR count). The highest BCUT2D eigenvalue weighted by Gasteiger charge is 2.29. The Labute approximate surface area is 123 Å². The third-order valence-corrected chi connectivity index (χ3v) is 3.41. The van der Waals surface area contributed by atoms with Crippen LogP contribution in [-0.4, -0.2) is 46.6 Å². The van der Waals surface area contributed by atoms with E-state index in [2.05, 4.69) is 0 Å². The van der Waals surface area contributed by atoms with Gasteiger partial charge in [0.1, 0.15) is 31.0 Å². The minimum absolute atomic E-state index is 0.0277. The van der Waals surface area contributed by atoms with Gasteiger partial charge in [0.05, 0.1) is 20.8 Å². The first-order chi connectivity index (χ1) is 10.2. The molecule has 0 saturated heterocycles. The molecule has 0 radical (unpaired) electrons. The number of benzene rings is 1. The molecule has 6 heteroatoms. The van der Waals surface area contributed by atoms with Crippen molar-refractivity contribution < 1.29 is 28.5 Å². The molecule has 1 aromatic rings. The van der Waals surface area contributed by atoms with Gasteiger partial charge in [-0.05, 0) is 12.1 Å². The minimum Gasteiger partial charge on any atom is -0.496 e. The lowest BCUT2D eigenvalue weighted by atomic mass is 9.95. The summed E-state index contributed by atoms with van der Waals surface area (Å²) >= 11 is 0. The molecule has 0 fully saturated rings. The zero-order valence-corrected chi connectivity index (χ0v) is 12.5. The molecular weight excluding hydrogens is 276 g/mol. The summed E-state index contributed by atoms with van der Waals surface area (Å²) in [6.07, 6.45) is -0.0828. The van der Waals surface area contributed by atoms with Gasteiger partial charge in [-0.2, -0.15) is 0 Å². The number of Topliss-reactive ketones (excluding diaryl/α,β-unsaturated/α-hetero) is 1. The van der Waals surface area contributed by atoms with Crippen LogP contribution in [0.15, 0.2) is 12.1 Å². The summed E-state index contributed by atoms with van der Waals surface area (Å²) in [6, 6.07) is 3.68. The number of ketones is 1. The highest BCUT2D eigenvalue weighted by atomic mass is 16.7. The van der Waals surface area contributed by atoms with Crippen molar-refractivity contribution in [2.75, 3.05) is 34.7 Å². The second-order valence-corrected chi connectivity index (χ2v) is 4.65. The Morgan fingerprint density at radius 3 is 2.48 bits per heavy atom. The normalized spacial score (nSPS) is 17.2. The van der Waals surface area contributed by atoms with Gasteiger partial charge in [-0.15, -0.1) is 0 Å². The lowest BCUT2D eigenvalue weighted by Crippen LogP contribution is -2.33. The number of hydrogen-bond donors (Lipinski definition) is 0. The fourth-order valence-corrected chi connectivity index (χ4v) is 2.37. The topological polar surface area (TPSA) is 63.2 Å². The van der Waals surface area contributed by atoms with Crippen molar-refractivity contribution in [3.8, 4) is 11.5 Å². The Balaban J connectivity index is 2.13. The summed E-state index contributed by atoms with van der Waals surface area (Å²) in [6.45, 7) is 0.378. The maximum absolute atomic E-state index is 12.1. The maximum Gasteiger partial charge on any atom is 0.187 e. The number of methoxy groups -OCH3 is 3. The molecular formula is C15H20O6. The smallest absolute Gasteiger partial charge is 0.187 e. The Bertz CT molecular complexity index is 499. The van der Waals surface area contributed by atoms with Gasteiger partial charge in [0, 0.05) is 24.7 Å². The van der Waals surface area contributed by atoms with Crippen LogP contribution in [0.2, 0.25) is 0 Å². The van der Waals surface area contributed by atoms with E-state index < -0.39 is 6.10 Å². The van der Waals surface area contributed by atoms with Crippen LogP contribution in [0.4, 0.5) is 0 Å². The number of hydrogen-bond acceptors (Lipinski definition) is 6. The van der Waals surface area contributed by atoms with Gasteiger partial charge in [0.15, 0.2) is 5.78 Å². The van der Waals surface area contributed by atoms with E-state index in [0.717, 1.165) is 22.6 Å². The van der Waals surface area contributed by atoms with Gasteiger partial charge < -0.3 is 23.7 Å². The van der Waals surface area contributed by atoms with E-state index in [1.165, 1.54) is 7.11 Å². The van der Waals surface area contributed by atoms with Gasteiger partial charge in [-0.1, -0.05) is 0 Å². The summed E-state index contributed by atoms with van der Waals surface area (Å²) in [5, 5.41) is 0. The molecule has 1 aliphatic heterocycles. The van der Waals surface area contributed by atoms with Crippen molar-refractivity contribution >= 4 is 5.78 Å². The second kappa shape index (κ2) is 7.40. The number of ether oxygens (including phenoxy) is 5. The monoisotopic (exact) mass is 296 g/mol. The van der Waals surface area contributed by atoms with Crippen LogP contribution in [0.5, 0.6) is 11.5 Å². The molecule has 0 amide bonds. The second-order valence-electron chi connectivity index (χ2n) is 4.65. The van der Waals surface area contributed by atoms with Crippen molar-refractivity contribution in [1.82, 2.24) is 0 Å². The number of carbonyl (C=O) groups excluding carboxylic acids is 1. The van der Waals surface area contributed by atoms with Crippen molar-refractivity contribution in [2.45, 2.75) is 19.1 Å². The van der Waals surface area contributed by atoms with Crippen LogP contribution in [0.3, 0.4) is 0 Å². The molecule has 0 aromatic heterocycles. The van der Waals surface area contributed by atoms with E-state index in [9.17, 15) is 4.79 Å². The Hall–Kier alpha value is -1.63. The largest absolute Gasteiger partial charge is 0.496 e. The average Bonchev–Trinajstić information content (AvgIpc) is 2.53. The third kappa shape index (κ3) is 3.53. The molecule has 1 aliphatic rings. The van der Waals surface area contributed by atoms with Crippen molar-refractivity contribution in [3.63, 3.8) is 0 Å². The van der Waals surface area contributed by atoms with E-state index in [0.29, 0.717) is 13.0 Å². The quantitative estimate of drug-likeness (QED) is 0.559. The molecule has 1 aromatic carbocycles. The summed E-state index contributed by atoms with van der Waals surface area (Å²) < 4.78 is 26.2. The number of carbonyl (C=O) groups is 1. The number of fused-ring (bicyclic) bond motifs is 1. The lowest BCUT2D eigenvalue weighted by Gasteiger charge is -2.27. The fourth-order valence-electron chi connectivity index (χ4n) is 2.37. The van der Waals surface area contributed by atoms with Crippen LogP contribution in [0.25, 0.3) is 0 Å². The number of rotatable bonds is 7. The first kappa shape index (κ1) is 15.8. The lowest BCUT2D eigenvalue weighted by molar-refractivity contribution is -0.141. The molecule has 1 heterocycles. The molecule has 0 N–H and O–H groups in total. The molecule has 0 saturated carbocycles. The van der Waals surface area contributed by atoms with E-state index in [-0.39, 0.29) is 19.2 Å². The molecule has 116 valence electrons. The molecule has 0 aliphatic carbocycles. The van der Waals surface area contributed by atoms with Gasteiger partial charge in [-0.25, -0.2) is 0 Å². The van der Waals surface area contributed by atoms with E-state index in [1.54, 1.807) is 14.2 Å². The van der Waals surface area contributed by atoms with Gasteiger partial charge in [0.25, 0.3) is 0 Å². The van der Waals surface area contributed by atoms with Crippen molar-refractivity contribution in [1.29, 1.82) is 0 Å². The SMILES string of the molecule is COCOCC(=O)C1Cc2c(OC)ccc(OC)c2CO1. The molecule has 1 atom stereocenters. The van der Waals surface area contributed by atoms with Crippen molar-refractivity contribution in [3.05, 3.63) is 23.3 Å². The van der Waals surface area contributed by atoms with Crippen LogP contribution >= 0.6 is 0 Å². The predicted octanol–water partition coefficient (Wildman–Crippen LogP) is 1.33. The molecule has 0 spiro atoms. The first-order valence-corrected chi connectivity index (χ1v) is 6.65. The Kier molecular flexibility index (Phi) is 5.55. The standard InChI is InChI=1S/C15H20O6/c1-17-9-20-8-12(16)15-6-10-11(7-21-15)14(19-3)5-4-13(10)18-2/h4-5,15H,6-9H2,1-3H3. The van der Waals surface area contributed by atoms with Crippen LogP contribution in [0, 0.1) is 0 Å². The minimum atomic E-state index is -0.532. The maximum atomic E-state index is 12.1. The van der Waals surface area contributed by atoms with Gasteiger partial charge >= 0.3 is 0 Å². The first-order valence-electron chi connectivity index (χ1n) is 6.65. The predicted molar refractivity (Wildman–Crippen MR) is 74.7 cm³/mol. The van der Waals surface area contributed by atoms with E-state index in [4.69, 9.17) is 23.7 Å². The van der Waals surface area contributed by atoms with Crippen molar-refractivity contribution in [2.24, 2.45) is 0 Å². The van der Waals surface area contributed by atoms with Crippen LogP contribution in [0.1, 0.15) is 11.1 Å². The zero-order chi connectivity index (χ0) is 15.2. The summed E-state index contributed by atoms with van der Waals surface area (Å²) in [5.74, 6) is 1.37. The summed E-state index contributed by atoms with van der Waals surface area (Å²) in [4.78, 5) is 12.1.